The third-order valence-corrected chi connectivity index (χ3v) is 2.80. The zero-order valence-electron chi connectivity index (χ0n) is 11.3. The van der Waals surface area contributed by atoms with E-state index in [1.165, 1.54) is 0 Å². The molecule has 102 valence electrons. The number of aromatic nitrogens is 4. The van der Waals surface area contributed by atoms with Gasteiger partial charge in [0.25, 0.3) is 5.91 Å². The monoisotopic (exact) mass is 263 g/mol. The largest absolute Gasteiger partial charge is 0.362 e. The number of hydrogen-bond donors (Lipinski definition) is 1. The predicted octanol–water partition coefficient (Wildman–Crippen LogP) is 1.26. The first-order chi connectivity index (χ1) is 9.15. The number of aryl methyl sites for hydroxylation is 1. The van der Waals surface area contributed by atoms with Crippen LogP contribution in [0.4, 0.5) is 5.69 Å². The fourth-order valence-corrected chi connectivity index (χ4v) is 1.82. The Morgan fingerprint density at radius 2 is 2.21 bits per heavy atom. The van der Waals surface area contributed by atoms with E-state index in [2.05, 4.69) is 15.5 Å². The molecule has 2 rings (SSSR count). The van der Waals surface area contributed by atoms with Gasteiger partial charge in [-0.15, -0.1) is 0 Å². The topological polar surface area (TPSA) is 74.0 Å². The molecule has 0 fully saturated rings. The van der Waals surface area contributed by atoms with E-state index in [-0.39, 0.29) is 5.91 Å². The molecule has 0 aliphatic heterocycles. The molecule has 0 aliphatic carbocycles. The summed E-state index contributed by atoms with van der Waals surface area (Å²) >= 11 is 0. The van der Waals surface area contributed by atoms with Crippen molar-refractivity contribution in [3.63, 3.8) is 0 Å². The smallest absolute Gasteiger partial charge is 0.259 e. The minimum Gasteiger partial charge on any atom is -0.362 e. The number of nitrogens with one attached hydrogen (secondary N) is 1. The van der Waals surface area contributed by atoms with Gasteiger partial charge >= 0.3 is 0 Å². The maximum Gasteiger partial charge on any atom is 0.259 e. The quantitative estimate of drug-likeness (QED) is 0.881. The first-order valence-corrected chi connectivity index (χ1v) is 6.00. The van der Waals surface area contributed by atoms with Gasteiger partial charge in [0.1, 0.15) is 6.73 Å². The zero-order chi connectivity index (χ0) is 13.8. The van der Waals surface area contributed by atoms with E-state index in [1.54, 1.807) is 35.1 Å². The first-order valence-electron chi connectivity index (χ1n) is 6.00. The van der Waals surface area contributed by atoms with Gasteiger partial charge in [-0.05, 0) is 13.8 Å². The van der Waals surface area contributed by atoms with Crippen LogP contribution in [0, 0.1) is 6.92 Å². The van der Waals surface area contributed by atoms with Crippen molar-refractivity contribution in [1.29, 1.82) is 0 Å². The van der Waals surface area contributed by atoms with Crippen molar-refractivity contribution in [2.45, 2.75) is 27.1 Å². The van der Waals surface area contributed by atoms with Gasteiger partial charge in [-0.3, -0.25) is 9.48 Å². The standard InChI is InChI=1S/C12H17N5O2/c1-4-17-9(2)11(6-14-17)12(18)15-10-5-13-16(7-10)8-19-3/h5-7H,4,8H2,1-3H3,(H,15,18). The van der Waals surface area contributed by atoms with Gasteiger partial charge in [0, 0.05) is 19.3 Å². The highest BCUT2D eigenvalue weighted by Crippen LogP contribution is 2.11. The molecule has 0 aliphatic rings. The Balaban J connectivity index is 2.09. The van der Waals surface area contributed by atoms with Crippen LogP contribution < -0.4 is 5.32 Å². The number of anilines is 1. The third kappa shape index (κ3) is 2.82. The molecule has 0 spiro atoms. The van der Waals surface area contributed by atoms with Crippen molar-refractivity contribution in [2.75, 3.05) is 12.4 Å². The number of amides is 1. The van der Waals surface area contributed by atoms with Crippen LogP contribution in [-0.2, 0) is 18.0 Å². The van der Waals surface area contributed by atoms with Crippen molar-refractivity contribution in [2.24, 2.45) is 0 Å². The van der Waals surface area contributed by atoms with Crippen LogP contribution in [0.25, 0.3) is 0 Å². The summed E-state index contributed by atoms with van der Waals surface area (Å²) in [7, 11) is 1.59. The van der Waals surface area contributed by atoms with Gasteiger partial charge in [-0.1, -0.05) is 0 Å². The molecule has 19 heavy (non-hydrogen) atoms. The Kier molecular flexibility index (Phi) is 3.96. The van der Waals surface area contributed by atoms with Crippen LogP contribution in [0.15, 0.2) is 18.6 Å². The Labute approximate surface area is 111 Å². The molecule has 0 bridgehead atoms. The summed E-state index contributed by atoms with van der Waals surface area (Å²) in [6, 6.07) is 0. The predicted molar refractivity (Wildman–Crippen MR) is 69.8 cm³/mol. The second-order valence-electron chi connectivity index (χ2n) is 4.10. The van der Waals surface area contributed by atoms with E-state index in [9.17, 15) is 4.79 Å². The summed E-state index contributed by atoms with van der Waals surface area (Å²) in [6.07, 6.45) is 4.87. The van der Waals surface area contributed by atoms with Crippen LogP contribution >= 0.6 is 0 Å². The summed E-state index contributed by atoms with van der Waals surface area (Å²) < 4.78 is 8.32. The van der Waals surface area contributed by atoms with E-state index < -0.39 is 0 Å². The number of ether oxygens (including phenoxy) is 1. The summed E-state index contributed by atoms with van der Waals surface area (Å²) in [5.41, 5.74) is 2.05. The maximum absolute atomic E-state index is 12.1. The van der Waals surface area contributed by atoms with Crippen LogP contribution in [-0.4, -0.2) is 32.6 Å². The average Bonchev–Trinajstić information content (AvgIpc) is 2.96. The van der Waals surface area contributed by atoms with Gasteiger partial charge in [-0.2, -0.15) is 10.2 Å². The number of carbonyl (C=O) groups is 1. The molecule has 2 heterocycles. The van der Waals surface area contributed by atoms with E-state index in [0.717, 1.165) is 12.2 Å². The second kappa shape index (κ2) is 5.66. The van der Waals surface area contributed by atoms with Crippen molar-refractivity contribution in [3.05, 3.63) is 29.8 Å². The van der Waals surface area contributed by atoms with Crippen LogP contribution in [0.2, 0.25) is 0 Å². The van der Waals surface area contributed by atoms with Crippen molar-refractivity contribution < 1.29 is 9.53 Å². The Hall–Kier alpha value is -2.15. The fourth-order valence-electron chi connectivity index (χ4n) is 1.82. The number of nitrogens with zero attached hydrogens (tertiary/aromatic N) is 4. The third-order valence-electron chi connectivity index (χ3n) is 2.80. The van der Waals surface area contributed by atoms with Crippen molar-refractivity contribution in [1.82, 2.24) is 19.6 Å². The minimum atomic E-state index is -0.186. The lowest BCUT2D eigenvalue weighted by atomic mass is 10.2. The summed E-state index contributed by atoms with van der Waals surface area (Å²) in [5, 5.41) is 11.0. The van der Waals surface area contributed by atoms with Gasteiger partial charge in [0.2, 0.25) is 0 Å². The average molecular weight is 263 g/mol. The highest BCUT2D eigenvalue weighted by Gasteiger charge is 2.14. The normalized spacial score (nSPS) is 10.7. The number of carbonyl (C=O) groups excluding carboxylic acids is 1. The van der Waals surface area contributed by atoms with E-state index in [1.807, 2.05) is 13.8 Å². The van der Waals surface area contributed by atoms with E-state index in [0.29, 0.717) is 18.0 Å². The summed E-state index contributed by atoms with van der Waals surface area (Å²) in [6.45, 7) is 4.95. The van der Waals surface area contributed by atoms with Crippen LogP contribution in [0.5, 0.6) is 0 Å². The number of hydrogen-bond acceptors (Lipinski definition) is 4. The van der Waals surface area contributed by atoms with Crippen LogP contribution in [0.3, 0.4) is 0 Å². The van der Waals surface area contributed by atoms with Gasteiger partial charge < -0.3 is 10.1 Å². The van der Waals surface area contributed by atoms with Gasteiger partial charge in [0.15, 0.2) is 0 Å². The van der Waals surface area contributed by atoms with Crippen molar-refractivity contribution >= 4 is 11.6 Å². The molecule has 1 amide bonds. The lowest BCUT2D eigenvalue weighted by molar-refractivity contribution is 0.102. The molecule has 2 aromatic rings. The fraction of sp³-hybridized carbons (Fsp3) is 0.417. The van der Waals surface area contributed by atoms with E-state index >= 15 is 0 Å². The lowest BCUT2D eigenvalue weighted by Gasteiger charge is -2.03. The number of rotatable bonds is 5. The SMILES string of the molecule is CCn1ncc(C(=O)Nc2cnn(COC)c2)c1C. The Morgan fingerprint density at radius 1 is 1.42 bits per heavy atom. The Morgan fingerprint density at radius 3 is 2.84 bits per heavy atom. The molecule has 7 nitrogen and oxygen atoms in total. The van der Waals surface area contributed by atoms with Gasteiger partial charge in [-0.25, -0.2) is 4.68 Å². The molecule has 0 saturated carbocycles. The summed E-state index contributed by atoms with van der Waals surface area (Å²) in [5.74, 6) is -0.186. The Bertz CT molecular complexity index is 572. The molecule has 2 aromatic heterocycles. The second-order valence-corrected chi connectivity index (χ2v) is 4.10. The molecule has 0 aromatic carbocycles. The molecule has 0 unspecified atom stereocenters. The molecule has 1 N–H and O–H groups in total. The minimum absolute atomic E-state index is 0.186. The van der Waals surface area contributed by atoms with Crippen LogP contribution in [0.1, 0.15) is 23.0 Å². The van der Waals surface area contributed by atoms with Gasteiger partial charge in [0.05, 0.1) is 29.8 Å². The molecule has 7 heteroatoms. The summed E-state index contributed by atoms with van der Waals surface area (Å²) in [4.78, 5) is 12.1. The van der Waals surface area contributed by atoms with Crippen molar-refractivity contribution in [3.8, 4) is 0 Å². The maximum atomic E-state index is 12.1. The molecule has 0 radical (unpaired) electrons. The first kappa shape index (κ1) is 13.3. The number of methoxy groups -OCH3 is 1. The highest BCUT2D eigenvalue weighted by atomic mass is 16.5. The molecule has 0 atom stereocenters. The van der Waals surface area contributed by atoms with E-state index in [4.69, 9.17) is 4.74 Å². The lowest BCUT2D eigenvalue weighted by Crippen LogP contribution is -2.13. The highest BCUT2D eigenvalue weighted by molar-refractivity contribution is 6.04. The molecular formula is C12H17N5O2. The molecular weight excluding hydrogens is 246 g/mol. The molecule has 0 saturated heterocycles. The zero-order valence-corrected chi connectivity index (χ0v) is 11.3.